The summed E-state index contributed by atoms with van der Waals surface area (Å²) in [6.07, 6.45) is 0. The van der Waals surface area contributed by atoms with Crippen molar-refractivity contribution >= 4 is 21.6 Å². The van der Waals surface area contributed by atoms with Crippen molar-refractivity contribution in [3.8, 4) is 5.75 Å². The van der Waals surface area contributed by atoms with Gasteiger partial charge in [0.25, 0.3) is 5.91 Å². The predicted octanol–water partition coefficient (Wildman–Crippen LogP) is 3.20. The number of hydrogen-bond acceptors (Lipinski definition) is 4. The van der Waals surface area contributed by atoms with Gasteiger partial charge in [-0.1, -0.05) is 17.7 Å². The van der Waals surface area contributed by atoms with Crippen LogP contribution >= 0.6 is 0 Å². The van der Waals surface area contributed by atoms with Gasteiger partial charge in [-0.25, -0.2) is 12.7 Å². The molecule has 0 heterocycles. The molecule has 0 unspecified atom stereocenters. The van der Waals surface area contributed by atoms with E-state index in [1.54, 1.807) is 25.1 Å². The summed E-state index contributed by atoms with van der Waals surface area (Å²) in [7, 11) is -0.809. The molecule has 1 amide bonds. The van der Waals surface area contributed by atoms with Crippen LogP contribution < -0.4 is 10.1 Å². The molecule has 2 aromatic carbocycles. The summed E-state index contributed by atoms with van der Waals surface area (Å²) in [4.78, 5) is 12.6. The van der Waals surface area contributed by atoms with Crippen LogP contribution in [0.1, 0.15) is 28.4 Å². The van der Waals surface area contributed by atoms with Crippen LogP contribution in [-0.4, -0.2) is 39.3 Å². The Kier molecular flexibility index (Phi) is 6.05. The maximum Gasteiger partial charge on any atom is 0.255 e. The van der Waals surface area contributed by atoms with Gasteiger partial charge in [-0.2, -0.15) is 0 Å². The number of sulfonamides is 1. The first-order chi connectivity index (χ1) is 12.2. The van der Waals surface area contributed by atoms with E-state index in [4.69, 9.17) is 4.74 Å². The lowest BCUT2D eigenvalue weighted by Crippen LogP contribution is -2.23. The number of carbonyl (C=O) groups excluding carboxylic acids is 1. The average molecular weight is 376 g/mol. The van der Waals surface area contributed by atoms with Gasteiger partial charge in [0.1, 0.15) is 10.6 Å². The van der Waals surface area contributed by atoms with E-state index in [1.807, 2.05) is 26.0 Å². The number of benzene rings is 2. The molecular formula is C19H24N2O4S. The SMILES string of the molecule is CCOc1ccc(NC(=O)c2cc(C)ccc2C)cc1S(=O)(=O)N(C)C. The number of rotatable bonds is 6. The minimum atomic E-state index is -3.71. The Bertz CT molecular complexity index is 921. The largest absolute Gasteiger partial charge is 0.492 e. The molecular weight excluding hydrogens is 352 g/mol. The van der Waals surface area contributed by atoms with E-state index in [9.17, 15) is 13.2 Å². The van der Waals surface area contributed by atoms with Crippen LogP contribution in [-0.2, 0) is 10.0 Å². The number of aryl methyl sites for hydroxylation is 2. The fourth-order valence-electron chi connectivity index (χ4n) is 2.44. The molecule has 0 bridgehead atoms. The highest BCUT2D eigenvalue weighted by molar-refractivity contribution is 7.89. The summed E-state index contributed by atoms with van der Waals surface area (Å²) in [5.41, 5.74) is 2.76. The number of amides is 1. The minimum Gasteiger partial charge on any atom is -0.492 e. The molecule has 0 aromatic heterocycles. The maximum atomic E-state index is 12.6. The first kappa shape index (κ1) is 19.9. The standard InChI is InChI=1S/C19H24N2O4S/c1-6-25-17-10-9-15(12-18(17)26(23,24)21(4)5)20-19(22)16-11-13(2)7-8-14(16)3/h7-12H,6H2,1-5H3,(H,20,22). The Morgan fingerprint density at radius 3 is 2.42 bits per heavy atom. The molecule has 26 heavy (non-hydrogen) atoms. The van der Waals surface area contributed by atoms with Crippen LogP contribution in [0.4, 0.5) is 5.69 Å². The Labute approximate surface area is 154 Å². The molecule has 0 atom stereocenters. The summed E-state index contributed by atoms with van der Waals surface area (Å²) in [5.74, 6) is -0.0329. The lowest BCUT2D eigenvalue weighted by atomic mass is 10.1. The second-order valence-electron chi connectivity index (χ2n) is 6.15. The second-order valence-corrected chi connectivity index (χ2v) is 8.27. The highest BCUT2D eigenvalue weighted by Gasteiger charge is 2.23. The summed E-state index contributed by atoms with van der Waals surface area (Å²) in [6, 6.07) is 10.2. The van der Waals surface area contributed by atoms with Gasteiger partial charge in [-0.05, 0) is 50.6 Å². The zero-order chi connectivity index (χ0) is 19.5. The van der Waals surface area contributed by atoms with Crippen molar-refractivity contribution in [3.63, 3.8) is 0 Å². The first-order valence-corrected chi connectivity index (χ1v) is 9.68. The summed E-state index contributed by atoms with van der Waals surface area (Å²) < 4.78 is 31.7. The van der Waals surface area contributed by atoms with Crippen LogP contribution in [0.5, 0.6) is 5.75 Å². The van der Waals surface area contributed by atoms with E-state index >= 15 is 0 Å². The zero-order valence-corrected chi connectivity index (χ0v) is 16.5. The van der Waals surface area contributed by atoms with Crippen molar-refractivity contribution in [2.75, 3.05) is 26.0 Å². The van der Waals surface area contributed by atoms with E-state index in [-0.39, 0.29) is 16.6 Å². The van der Waals surface area contributed by atoms with Crippen molar-refractivity contribution in [1.29, 1.82) is 0 Å². The molecule has 0 radical (unpaired) electrons. The van der Waals surface area contributed by atoms with Crippen LogP contribution in [0.25, 0.3) is 0 Å². The number of ether oxygens (including phenoxy) is 1. The molecule has 0 aliphatic rings. The van der Waals surface area contributed by atoms with Crippen molar-refractivity contribution in [1.82, 2.24) is 4.31 Å². The smallest absolute Gasteiger partial charge is 0.255 e. The molecule has 0 saturated heterocycles. The lowest BCUT2D eigenvalue weighted by molar-refractivity contribution is 0.102. The molecule has 1 N–H and O–H groups in total. The lowest BCUT2D eigenvalue weighted by Gasteiger charge is -2.17. The Morgan fingerprint density at radius 2 is 1.81 bits per heavy atom. The van der Waals surface area contributed by atoms with Gasteiger partial charge in [-0.3, -0.25) is 4.79 Å². The highest BCUT2D eigenvalue weighted by atomic mass is 32.2. The number of anilines is 1. The van der Waals surface area contributed by atoms with Crippen LogP contribution in [0, 0.1) is 13.8 Å². The van der Waals surface area contributed by atoms with Crippen molar-refractivity contribution in [2.45, 2.75) is 25.7 Å². The van der Waals surface area contributed by atoms with Crippen molar-refractivity contribution in [2.24, 2.45) is 0 Å². The molecule has 140 valence electrons. The third kappa shape index (κ3) is 4.23. The molecule has 0 aliphatic heterocycles. The molecule has 0 spiro atoms. The number of nitrogens with one attached hydrogen (secondary N) is 1. The Morgan fingerprint density at radius 1 is 1.12 bits per heavy atom. The molecule has 0 saturated carbocycles. The van der Waals surface area contributed by atoms with Crippen LogP contribution in [0.15, 0.2) is 41.3 Å². The normalized spacial score (nSPS) is 11.5. The monoisotopic (exact) mass is 376 g/mol. The van der Waals surface area contributed by atoms with Crippen LogP contribution in [0.3, 0.4) is 0 Å². The van der Waals surface area contributed by atoms with E-state index in [0.29, 0.717) is 17.9 Å². The van der Waals surface area contributed by atoms with Gasteiger partial charge in [0.15, 0.2) is 0 Å². The fraction of sp³-hybridized carbons (Fsp3) is 0.316. The van der Waals surface area contributed by atoms with E-state index < -0.39 is 10.0 Å². The van der Waals surface area contributed by atoms with Gasteiger partial charge in [0.05, 0.1) is 6.61 Å². The second kappa shape index (κ2) is 7.88. The van der Waals surface area contributed by atoms with Gasteiger partial charge in [0.2, 0.25) is 10.0 Å². The van der Waals surface area contributed by atoms with Gasteiger partial charge in [-0.15, -0.1) is 0 Å². The van der Waals surface area contributed by atoms with Crippen molar-refractivity contribution in [3.05, 3.63) is 53.1 Å². The summed E-state index contributed by atoms with van der Waals surface area (Å²) >= 11 is 0. The quantitative estimate of drug-likeness (QED) is 0.840. The fourth-order valence-corrected chi connectivity index (χ4v) is 3.49. The molecule has 2 rings (SSSR count). The summed E-state index contributed by atoms with van der Waals surface area (Å²) in [6.45, 7) is 5.88. The molecule has 6 nitrogen and oxygen atoms in total. The third-order valence-electron chi connectivity index (χ3n) is 3.90. The van der Waals surface area contributed by atoms with Gasteiger partial charge >= 0.3 is 0 Å². The summed E-state index contributed by atoms with van der Waals surface area (Å²) in [5, 5.41) is 2.77. The zero-order valence-electron chi connectivity index (χ0n) is 15.7. The third-order valence-corrected chi connectivity index (χ3v) is 5.73. The van der Waals surface area contributed by atoms with Gasteiger partial charge in [0, 0.05) is 25.3 Å². The first-order valence-electron chi connectivity index (χ1n) is 8.24. The molecule has 0 fully saturated rings. The maximum absolute atomic E-state index is 12.6. The Hall–Kier alpha value is -2.38. The number of nitrogens with zero attached hydrogens (tertiary/aromatic N) is 1. The van der Waals surface area contributed by atoms with Gasteiger partial charge < -0.3 is 10.1 Å². The average Bonchev–Trinajstić information content (AvgIpc) is 2.58. The highest BCUT2D eigenvalue weighted by Crippen LogP contribution is 2.29. The van der Waals surface area contributed by atoms with Crippen LogP contribution in [0.2, 0.25) is 0 Å². The Balaban J connectivity index is 2.42. The van der Waals surface area contributed by atoms with E-state index in [2.05, 4.69) is 5.32 Å². The topological polar surface area (TPSA) is 75.7 Å². The molecule has 0 aliphatic carbocycles. The predicted molar refractivity (Wildman–Crippen MR) is 102 cm³/mol. The van der Waals surface area contributed by atoms with Crippen molar-refractivity contribution < 1.29 is 17.9 Å². The number of carbonyl (C=O) groups is 1. The molecule has 7 heteroatoms. The molecule has 2 aromatic rings. The minimum absolute atomic E-state index is 0.0168. The van der Waals surface area contributed by atoms with E-state index in [1.165, 1.54) is 20.2 Å². The van der Waals surface area contributed by atoms with E-state index in [0.717, 1.165) is 15.4 Å². The number of hydrogen-bond donors (Lipinski definition) is 1.